The van der Waals surface area contributed by atoms with Gasteiger partial charge in [0.25, 0.3) is 10.0 Å². The van der Waals surface area contributed by atoms with E-state index in [1.807, 2.05) is 13.0 Å². The lowest BCUT2D eigenvalue weighted by atomic mass is 10.0. The molecule has 134 valence electrons. The smallest absolute Gasteiger partial charge is 0.261 e. The SMILES string of the molecule is Cc1cccc(S(=O)(=O)Nc2ccc3c(c2)N(S(C)(=O)=O)CCC3)c1. The molecule has 1 N–H and O–H groups in total. The molecule has 0 amide bonds. The monoisotopic (exact) mass is 380 g/mol. The minimum absolute atomic E-state index is 0.171. The first kappa shape index (κ1) is 17.8. The van der Waals surface area contributed by atoms with Crippen LogP contribution in [-0.2, 0) is 26.5 Å². The third-order valence-corrected chi connectivity index (χ3v) is 6.67. The minimum Gasteiger partial charge on any atom is -0.280 e. The Labute approximate surface area is 148 Å². The lowest BCUT2D eigenvalue weighted by molar-refractivity contribution is 0.592. The second kappa shape index (κ2) is 6.34. The highest BCUT2D eigenvalue weighted by Crippen LogP contribution is 2.32. The molecule has 8 heteroatoms. The number of hydrogen-bond donors (Lipinski definition) is 1. The van der Waals surface area contributed by atoms with Gasteiger partial charge in [0.1, 0.15) is 0 Å². The standard InChI is InChI=1S/C17H20N2O4S2/c1-13-5-3-7-16(11-13)25(22,23)18-15-9-8-14-6-4-10-19(17(14)12-15)24(2,20)21/h3,5,7-9,11-12,18H,4,6,10H2,1-2H3. The van der Waals surface area contributed by atoms with Crippen molar-refractivity contribution < 1.29 is 16.8 Å². The number of anilines is 2. The van der Waals surface area contributed by atoms with Crippen LogP contribution >= 0.6 is 0 Å². The van der Waals surface area contributed by atoms with E-state index in [1.165, 1.54) is 10.4 Å². The quantitative estimate of drug-likeness (QED) is 0.883. The van der Waals surface area contributed by atoms with E-state index < -0.39 is 20.0 Å². The Morgan fingerprint density at radius 1 is 1.04 bits per heavy atom. The molecule has 1 heterocycles. The van der Waals surface area contributed by atoms with Gasteiger partial charge in [0.15, 0.2) is 0 Å². The molecule has 0 saturated carbocycles. The summed E-state index contributed by atoms with van der Waals surface area (Å²) >= 11 is 0. The maximum Gasteiger partial charge on any atom is 0.261 e. The van der Waals surface area contributed by atoms with Gasteiger partial charge in [-0.15, -0.1) is 0 Å². The number of fused-ring (bicyclic) bond motifs is 1. The van der Waals surface area contributed by atoms with Gasteiger partial charge in [-0.05, 0) is 55.2 Å². The van der Waals surface area contributed by atoms with Gasteiger partial charge in [0.05, 0.1) is 22.5 Å². The highest BCUT2D eigenvalue weighted by molar-refractivity contribution is 7.92. The summed E-state index contributed by atoms with van der Waals surface area (Å²) in [6, 6.07) is 11.6. The van der Waals surface area contributed by atoms with Crippen molar-refractivity contribution in [3.8, 4) is 0 Å². The lowest BCUT2D eigenvalue weighted by Crippen LogP contribution is -2.34. The molecule has 6 nitrogen and oxygen atoms in total. The van der Waals surface area contributed by atoms with Crippen molar-refractivity contribution in [1.29, 1.82) is 0 Å². The van der Waals surface area contributed by atoms with Crippen LogP contribution in [0.25, 0.3) is 0 Å². The summed E-state index contributed by atoms with van der Waals surface area (Å²) in [5.74, 6) is 0. The lowest BCUT2D eigenvalue weighted by Gasteiger charge is -2.29. The van der Waals surface area contributed by atoms with E-state index >= 15 is 0 Å². The summed E-state index contributed by atoms with van der Waals surface area (Å²) in [5.41, 5.74) is 2.63. The fourth-order valence-corrected chi connectivity index (χ4v) is 5.09. The summed E-state index contributed by atoms with van der Waals surface area (Å²) in [4.78, 5) is 0.171. The highest BCUT2D eigenvalue weighted by Gasteiger charge is 2.25. The maximum atomic E-state index is 12.6. The summed E-state index contributed by atoms with van der Waals surface area (Å²) in [6.07, 6.45) is 2.67. The summed E-state index contributed by atoms with van der Waals surface area (Å²) in [7, 11) is -7.13. The molecular weight excluding hydrogens is 360 g/mol. The molecule has 0 bridgehead atoms. The number of rotatable bonds is 4. The number of aryl methyl sites for hydroxylation is 2. The summed E-state index contributed by atoms with van der Waals surface area (Å²) < 4.78 is 53.0. The average molecular weight is 380 g/mol. The zero-order valence-corrected chi connectivity index (χ0v) is 15.7. The molecule has 0 atom stereocenters. The summed E-state index contributed by atoms with van der Waals surface area (Å²) in [6.45, 7) is 2.22. The molecule has 0 unspecified atom stereocenters. The van der Waals surface area contributed by atoms with Crippen molar-refractivity contribution in [2.24, 2.45) is 0 Å². The Morgan fingerprint density at radius 2 is 1.80 bits per heavy atom. The van der Waals surface area contributed by atoms with Gasteiger partial charge in [0.2, 0.25) is 10.0 Å². The van der Waals surface area contributed by atoms with E-state index in [9.17, 15) is 16.8 Å². The van der Waals surface area contributed by atoms with E-state index in [-0.39, 0.29) is 4.90 Å². The Morgan fingerprint density at radius 3 is 2.48 bits per heavy atom. The molecule has 2 aromatic carbocycles. The molecule has 25 heavy (non-hydrogen) atoms. The van der Waals surface area contributed by atoms with Crippen LogP contribution in [0.1, 0.15) is 17.5 Å². The van der Waals surface area contributed by atoms with E-state index in [0.717, 1.165) is 30.2 Å². The van der Waals surface area contributed by atoms with E-state index in [2.05, 4.69) is 4.72 Å². The zero-order chi connectivity index (χ0) is 18.2. The molecule has 3 rings (SSSR count). The molecule has 1 aliphatic heterocycles. The topological polar surface area (TPSA) is 83.6 Å². The molecule has 0 aromatic heterocycles. The van der Waals surface area contributed by atoms with Crippen LogP contribution in [0, 0.1) is 6.92 Å². The predicted molar refractivity (Wildman–Crippen MR) is 98.9 cm³/mol. The van der Waals surface area contributed by atoms with Crippen molar-refractivity contribution in [1.82, 2.24) is 0 Å². The molecule has 0 fully saturated rings. The van der Waals surface area contributed by atoms with Gasteiger partial charge >= 0.3 is 0 Å². The predicted octanol–water partition coefficient (Wildman–Crippen LogP) is 2.51. The number of benzene rings is 2. The number of nitrogens with one attached hydrogen (secondary N) is 1. The van der Waals surface area contributed by atoms with Gasteiger partial charge in [0, 0.05) is 6.54 Å². The normalized spacial score (nSPS) is 14.9. The largest absolute Gasteiger partial charge is 0.280 e. The van der Waals surface area contributed by atoms with Gasteiger partial charge in [-0.1, -0.05) is 18.2 Å². The maximum absolute atomic E-state index is 12.6. The number of hydrogen-bond acceptors (Lipinski definition) is 4. The first-order valence-corrected chi connectivity index (χ1v) is 11.2. The van der Waals surface area contributed by atoms with Gasteiger partial charge in [-0.2, -0.15) is 0 Å². The van der Waals surface area contributed by atoms with E-state index in [0.29, 0.717) is 17.9 Å². The first-order valence-electron chi connectivity index (χ1n) is 7.87. The number of nitrogens with zero attached hydrogens (tertiary/aromatic N) is 1. The van der Waals surface area contributed by atoms with Crippen molar-refractivity contribution in [3.05, 3.63) is 53.6 Å². The van der Waals surface area contributed by atoms with Crippen LogP contribution in [0.15, 0.2) is 47.4 Å². The minimum atomic E-state index is -3.73. The Balaban J connectivity index is 1.97. The van der Waals surface area contributed by atoms with E-state index in [1.54, 1.807) is 30.3 Å². The summed E-state index contributed by atoms with van der Waals surface area (Å²) in [5, 5.41) is 0. The second-order valence-corrected chi connectivity index (χ2v) is 9.79. The van der Waals surface area contributed by atoms with Crippen molar-refractivity contribution in [2.75, 3.05) is 21.8 Å². The Hall–Kier alpha value is -2.06. The fourth-order valence-electron chi connectivity index (χ4n) is 2.95. The van der Waals surface area contributed by atoms with Crippen LogP contribution in [0.2, 0.25) is 0 Å². The van der Waals surface area contributed by atoms with Gasteiger partial charge in [-0.25, -0.2) is 16.8 Å². The van der Waals surface area contributed by atoms with Gasteiger partial charge in [-0.3, -0.25) is 9.03 Å². The van der Waals surface area contributed by atoms with Gasteiger partial charge < -0.3 is 0 Å². The van der Waals surface area contributed by atoms with Crippen LogP contribution in [0.4, 0.5) is 11.4 Å². The zero-order valence-electron chi connectivity index (χ0n) is 14.1. The third-order valence-electron chi connectivity index (χ3n) is 4.11. The number of sulfonamides is 2. The molecular formula is C17H20N2O4S2. The van der Waals surface area contributed by atoms with Crippen LogP contribution < -0.4 is 9.03 Å². The van der Waals surface area contributed by atoms with Crippen LogP contribution in [-0.4, -0.2) is 29.6 Å². The molecule has 0 radical (unpaired) electrons. The van der Waals surface area contributed by atoms with Crippen molar-refractivity contribution >= 4 is 31.4 Å². The Kier molecular flexibility index (Phi) is 4.51. The van der Waals surface area contributed by atoms with Crippen LogP contribution in [0.3, 0.4) is 0 Å². The first-order chi connectivity index (χ1) is 11.7. The van der Waals surface area contributed by atoms with Crippen molar-refractivity contribution in [2.45, 2.75) is 24.7 Å². The van der Waals surface area contributed by atoms with Crippen molar-refractivity contribution in [3.63, 3.8) is 0 Å². The molecule has 0 saturated heterocycles. The van der Waals surface area contributed by atoms with E-state index in [4.69, 9.17) is 0 Å². The van der Waals surface area contributed by atoms with Crippen LogP contribution in [0.5, 0.6) is 0 Å². The molecule has 0 aliphatic carbocycles. The second-order valence-electron chi connectivity index (χ2n) is 6.20. The average Bonchev–Trinajstić information content (AvgIpc) is 2.53. The molecule has 1 aliphatic rings. The highest BCUT2D eigenvalue weighted by atomic mass is 32.2. The fraction of sp³-hybridized carbons (Fsp3) is 0.294. The molecule has 2 aromatic rings. The Bertz CT molecular complexity index is 1010. The third kappa shape index (κ3) is 3.80. The molecule has 0 spiro atoms.